The van der Waals surface area contributed by atoms with Gasteiger partial charge in [-0.3, -0.25) is 4.79 Å². The fraction of sp³-hybridized carbons (Fsp3) is 0. The Morgan fingerprint density at radius 2 is 2.00 bits per heavy atom. The zero-order chi connectivity index (χ0) is 11.4. The van der Waals surface area contributed by atoms with Crippen LogP contribution < -0.4 is 5.32 Å². The topological polar surface area (TPSA) is 29.1 Å². The molecule has 0 saturated carbocycles. The molecule has 1 aliphatic heterocycles. The molecule has 2 nitrogen and oxygen atoms in total. The molecule has 0 aromatic heterocycles. The van der Waals surface area contributed by atoms with Crippen LogP contribution in [0.4, 0.5) is 0 Å². The molecule has 0 bridgehead atoms. The Bertz CT molecular complexity index is 477. The van der Waals surface area contributed by atoms with Crippen molar-refractivity contribution in [1.29, 1.82) is 0 Å². The molecule has 1 heterocycles. The molecule has 0 radical (unpaired) electrons. The van der Waals surface area contributed by atoms with Crippen molar-refractivity contribution in [3.05, 3.63) is 53.0 Å². The second kappa shape index (κ2) is 5.09. The van der Waals surface area contributed by atoms with Gasteiger partial charge in [-0.2, -0.15) is 0 Å². The molecule has 1 N–H and O–H groups in total. The summed E-state index contributed by atoms with van der Waals surface area (Å²) in [6.45, 7) is 0. The maximum Gasteiger partial charge on any atom is 0.263 e. The highest BCUT2D eigenvalue weighted by Crippen LogP contribution is 2.23. The Hall–Kier alpha value is -1.39. The van der Waals surface area contributed by atoms with Gasteiger partial charge in [0, 0.05) is 0 Å². The summed E-state index contributed by atoms with van der Waals surface area (Å²) >= 11 is 6.17. The van der Waals surface area contributed by atoms with Crippen molar-refractivity contribution in [2.45, 2.75) is 0 Å². The number of amides is 1. The van der Waals surface area contributed by atoms with Crippen LogP contribution in [-0.4, -0.2) is 10.2 Å². The molecule has 1 saturated heterocycles. The first-order valence-corrected chi connectivity index (χ1v) is 5.95. The van der Waals surface area contributed by atoms with Gasteiger partial charge in [-0.1, -0.05) is 66.5 Å². The predicted molar refractivity (Wildman–Crippen MR) is 71.9 cm³/mol. The highest BCUT2D eigenvalue weighted by atomic mass is 32.2. The number of thiocarbonyl (C=S) groups is 1. The number of rotatable bonds is 2. The van der Waals surface area contributed by atoms with Gasteiger partial charge < -0.3 is 5.32 Å². The lowest BCUT2D eigenvalue weighted by molar-refractivity contribution is -0.115. The number of thioether (sulfide) groups is 1. The zero-order valence-electron chi connectivity index (χ0n) is 8.34. The van der Waals surface area contributed by atoms with Crippen molar-refractivity contribution in [3.8, 4) is 0 Å². The highest BCUT2D eigenvalue weighted by molar-refractivity contribution is 8.26. The van der Waals surface area contributed by atoms with Crippen LogP contribution in [0, 0.1) is 0 Å². The summed E-state index contributed by atoms with van der Waals surface area (Å²) in [6.07, 6.45) is 5.57. The lowest BCUT2D eigenvalue weighted by Crippen LogP contribution is -2.17. The van der Waals surface area contributed by atoms with Crippen molar-refractivity contribution in [1.82, 2.24) is 5.32 Å². The van der Waals surface area contributed by atoms with Gasteiger partial charge in [-0.05, 0) is 11.6 Å². The molecule has 0 spiro atoms. The Morgan fingerprint density at radius 3 is 2.62 bits per heavy atom. The molecule has 16 heavy (non-hydrogen) atoms. The number of carbonyl (C=O) groups is 1. The van der Waals surface area contributed by atoms with Crippen molar-refractivity contribution in [2.75, 3.05) is 0 Å². The number of carbonyl (C=O) groups excluding carboxylic acids is 1. The average Bonchev–Trinajstić information content (AvgIpc) is 2.59. The first-order chi connectivity index (χ1) is 7.75. The van der Waals surface area contributed by atoms with Crippen LogP contribution in [0.25, 0.3) is 6.08 Å². The van der Waals surface area contributed by atoms with E-state index < -0.39 is 0 Å². The molecule has 1 amide bonds. The summed E-state index contributed by atoms with van der Waals surface area (Å²) in [4.78, 5) is 11.9. The minimum absolute atomic E-state index is 0.118. The van der Waals surface area contributed by atoms with E-state index in [1.165, 1.54) is 11.8 Å². The molecule has 80 valence electrons. The highest BCUT2D eigenvalue weighted by Gasteiger charge is 2.20. The van der Waals surface area contributed by atoms with E-state index in [1.807, 2.05) is 42.5 Å². The summed E-state index contributed by atoms with van der Waals surface area (Å²) in [5, 5.41) is 2.57. The molecule has 0 unspecified atom stereocenters. The van der Waals surface area contributed by atoms with Crippen molar-refractivity contribution in [2.24, 2.45) is 0 Å². The largest absolute Gasteiger partial charge is 0.307 e. The van der Waals surface area contributed by atoms with E-state index in [9.17, 15) is 4.79 Å². The molecule has 0 atom stereocenters. The summed E-state index contributed by atoms with van der Waals surface area (Å²) in [6, 6.07) is 9.91. The Kier molecular flexibility index (Phi) is 3.54. The van der Waals surface area contributed by atoms with Crippen LogP contribution in [0.3, 0.4) is 0 Å². The summed E-state index contributed by atoms with van der Waals surface area (Å²) < 4.78 is 0.518. The molecule has 1 aromatic carbocycles. The monoisotopic (exact) mass is 247 g/mol. The van der Waals surface area contributed by atoms with E-state index in [4.69, 9.17) is 12.2 Å². The minimum atomic E-state index is -0.118. The third-order valence-corrected chi connectivity index (χ3v) is 3.16. The molecule has 2 rings (SSSR count). The summed E-state index contributed by atoms with van der Waals surface area (Å²) in [7, 11) is 0. The first kappa shape index (κ1) is 11.1. The molecule has 1 aliphatic rings. The van der Waals surface area contributed by atoms with Crippen molar-refractivity contribution in [3.63, 3.8) is 0 Å². The number of hydrogen-bond donors (Lipinski definition) is 1. The second-order valence-electron chi connectivity index (χ2n) is 3.14. The zero-order valence-corrected chi connectivity index (χ0v) is 9.98. The van der Waals surface area contributed by atoms with Crippen LogP contribution in [-0.2, 0) is 4.79 Å². The van der Waals surface area contributed by atoms with Gasteiger partial charge in [0.05, 0.1) is 4.91 Å². The number of nitrogens with one attached hydrogen (secondary N) is 1. The molecular weight excluding hydrogens is 238 g/mol. The average molecular weight is 247 g/mol. The Labute approximate surface area is 103 Å². The third-order valence-electron chi connectivity index (χ3n) is 1.98. The van der Waals surface area contributed by atoms with Crippen LogP contribution >= 0.6 is 24.0 Å². The molecule has 1 aromatic rings. The lowest BCUT2D eigenvalue weighted by atomic mass is 10.2. The van der Waals surface area contributed by atoms with Crippen LogP contribution in [0.2, 0.25) is 0 Å². The third kappa shape index (κ3) is 2.81. The minimum Gasteiger partial charge on any atom is -0.307 e. The molecule has 1 fully saturated rings. The fourth-order valence-electron chi connectivity index (χ4n) is 1.25. The maximum atomic E-state index is 11.3. The Balaban J connectivity index is 2.07. The van der Waals surface area contributed by atoms with E-state index in [0.717, 1.165) is 5.56 Å². The van der Waals surface area contributed by atoms with E-state index in [-0.39, 0.29) is 5.91 Å². The molecular formula is C12H9NOS2. The smallest absolute Gasteiger partial charge is 0.263 e. The fourth-order valence-corrected chi connectivity index (χ4v) is 2.24. The van der Waals surface area contributed by atoms with Crippen LogP contribution in [0.1, 0.15) is 5.56 Å². The summed E-state index contributed by atoms with van der Waals surface area (Å²) in [5.41, 5.74) is 1.10. The number of allylic oxidation sites excluding steroid dienone is 2. The van der Waals surface area contributed by atoms with Gasteiger partial charge in [-0.15, -0.1) is 0 Å². The van der Waals surface area contributed by atoms with Gasteiger partial charge in [-0.25, -0.2) is 0 Å². The standard InChI is InChI=1S/C12H9NOS2/c14-11-10(16-12(15)13-11)8-4-7-9-5-2-1-3-6-9/h1-8H,(H,13,14,15)/b7-4-,10-8-. The van der Waals surface area contributed by atoms with Crippen molar-refractivity contribution < 1.29 is 4.79 Å². The van der Waals surface area contributed by atoms with Crippen LogP contribution in [0.5, 0.6) is 0 Å². The normalized spacial score (nSPS) is 18.4. The lowest BCUT2D eigenvalue weighted by Gasteiger charge is -1.89. The van der Waals surface area contributed by atoms with Gasteiger partial charge in [0.2, 0.25) is 0 Å². The van der Waals surface area contributed by atoms with Gasteiger partial charge in [0.15, 0.2) is 0 Å². The molecule has 0 aliphatic carbocycles. The second-order valence-corrected chi connectivity index (χ2v) is 4.86. The van der Waals surface area contributed by atoms with E-state index in [0.29, 0.717) is 9.23 Å². The van der Waals surface area contributed by atoms with Crippen LogP contribution in [0.15, 0.2) is 47.4 Å². The van der Waals surface area contributed by atoms with Gasteiger partial charge >= 0.3 is 0 Å². The van der Waals surface area contributed by atoms with Gasteiger partial charge in [0.1, 0.15) is 4.32 Å². The van der Waals surface area contributed by atoms with Gasteiger partial charge in [0.25, 0.3) is 5.91 Å². The van der Waals surface area contributed by atoms with E-state index >= 15 is 0 Å². The van der Waals surface area contributed by atoms with E-state index in [2.05, 4.69) is 5.32 Å². The molecule has 4 heteroatoms. The van der Waals surface area contributed by atoms with E-state index in [1.54, 1.807) is 6.08 Å². The summed E-state index contributed by atoms with van der Waals surface area (Å²) in [5.74, 6) is -0.118. The number of benzene rings is 1. The quantitative estimate of drug-likeness (QED) is 0.643. The number of hydrogen-bond acceptors (Lipinski definition) is 3. The predicted octanol–water partition coefficient (Wildman–Crippen LogP) is 2.73. The SMILES string of the molecule is O=C1NC(=S)S/C1=C\C=C/c1ccccc1. The maximum absolute atomic E-state index is 11.3. The van der Waals surface area contributed by atoms with Crippen molar-refractivity contribution >= 4 is 40.3 Å². The Morgan fingerprint density at radius 1 is 1.25 bits per heavy atom. The first-order valence-electron chi connectivity index (χ1n) is 4.72.